The molecule has 4 nitrogen and oxygen atoms in total. The Kier molecular flexibility index (Phi) is 3.29. The zero-order valence-electron chi connectivity index (χ0n) is 10.1. The van der Waals surface area contributed by atoms with Crippen LogP contribution in [0.4, 0.5) is 13.2 Å². The fourth-order valence-corrected chi connectivity index (χ4v) is 4.03. The van der Waals surface area contributed by atoms with E-state index in [9.17, 15) is 26.4 Å². The topological polar surface area (TPSA) is 54.5 Å². The molecule has 1 saturated heterocycles. The molecule has 0 aliphatic carbocycles. The van der Waals surface area contributed by atoms with Gasteiger partial charge in [-0.15, -0.1) is 0 Å². The van der Waals surface area contributed by atoms with Gasteiger partial charge in [0, 0.05) is 10.7 Å². The number of benzene rings is 1. The Bertz CT molecular complexity index is 674. The third kappa shape index (κ3) is 2.26. The summed E-state index contributed by atoms with van der Waals surface area (Å²) >= 11 is 0. The van der Waals surface area contributed by atoms with E-state index in [2.05, 4.69) is 0 Å². The number of nitrogens with zero attached hydrogens (tertiary/aromatic N) is 1. The van der Waals surface area contributed by atoms with Crippen molar-refractivity contribution in [2.75, 3.05) is 0 Å². The molecule has 0 radical (unpaired) electrons. The van der Waals surface area contributed by atoms with Crippen LogP contribution in [0.2, 0.25) is 0 Å². The lowest BCUT2D eigenvalue weighted by atomic mass is 9.79. The van der Waals surface area contributed by atoms with E-state index in [-0.39, 0.29) is 16.3 Å². The van der Waals surface area contributed by atoms with E-state index in [1.165, 1.54) is 19.1 Å². The second-order valence-electron chi connectivity index (χ2n) is 4.59. The Hall–Kier alpha value is -1.28. The molecule has 1 aromatic carbocycles. The molecule has 110 valence electrons. The van der Waals surface area contributed by atoms with Gasteiger partial charge in [-0.3, -0.25) is 4.79 Å². The van der Waals surface area contributed by atoms with Gasteiger partial charge in [-0.2, -0.15) is 21.6 Å². The molecule has 1 atom stereocenters. The van der Waals surface area contributed by atoms with Gasteiger partial charge in [0.1, 0.15) is 0 Å². The average molecular weight is 328 g/mol. The maximum atomic E-state index is 13.0. The maximum Gasteiger partial charge on any atom is 0.416 e. The van der Waals surface area contributed by atoms with E-state index in [0.717, 1.165) is 12.1 Å². The number of hydrogen-bond acceptors (Lipinski definition) is 3. The van der Waals surface area contributed by atoms with Crippen molar-refractivity contribution in [3.8, 4) is 0 Å². The van der Waals surface area contributed by atoms with Crippen molar-refractivity contribution in [1.82, 2.24) is 4.31 Å². The normalized spacial score (nSPS) is 23.6. The Morgan fingerprint density at radius 3 is 2.30 bits per heavy atom. The summed E-state index contributed by atoms with van der Waals surface area (Å²) in [7, 11) is 0.682. The molecule has 1 unspecified atom stereocenters. The Morgan fingerprint density at radius 2 is 1.85 bits per heavy atom. The van der Waals surface area contributed by atoms with E-state index in [1.807, 2.05) is 0 Å². The van der Waals surface area contributed by atoms with Gasteiger partial charge in [0.05, 0.1) is 17.5 Å². The molecule has 0 saturated carbocycles. The number of carbonyl (C=O) groups excluding carboxylic acids is 1. The minimum Gasteiger partial charge on any atom is -0.274 e. The summed E-state index contributed by atoms with van der Waals surface area (Å²) in [6.07, 6.45) is -5.01. The van der Waals surface area contributed by atoms with Crippen molar-refractivity contribution in [2.24, 2.45) is 0 Å². The maximum absolute atomic E-state index is 13.0. The van der Waals surface area contributed by atoms with Crippen molar-refractivity contribution < 1.29 is 26.4 Å². The van der Waals surface area contributed by atoms with Crippen LogP contribution in [0, 0.1) is 0 Å². The lowest BCUT2D eigenvalue weighted by Gasteiger charge is -2.48. The molecular formula is C11H9ClF3NO3S. The molecule has 1 amide bonds. The molecule has 1 fully saturated rings. The van der Waals surface area contributed by atoms with E-state index < -0.39 is 32.4 Å². The number of rotatable bonds is 2. The third-order valence-electron chi connectivity index (χ3n) is 3.20. The molecule has 9 heteroatoms. The highest BCUT2D eigenvalue weighted by Gasteiger charge is 2.56. The van der Waals surface area contributed by atoms with Gasteiger partial charge >= 0.3 is 15.4 Å². The highest BCUT2D eigenvalue weighted by molar-refractivity contribution is 8.12. The number of alkyl halides is 3. The molecule has 1 aliphatic rings. The molecular weight excluding hydrogens is 319 g/mol. The van der Waals surface area contributed by atoms with Crippen LogP contribution < -0.4 is 0 Å². The van der Waals surface area contributed by atoms with Gasteiger partial charge in [-0.05, 0) is 18.6 Å². The molecule has 0 spiro atoms. The van der Waals surface area contributed by atoms with Crippen LogP contribution in [0.5, 0.6) is 0 Å². The number of amides is 1. The predicted molar refractivity (Wildman–Crippen MR) is 65.0 cm³/mol. The van der Waals surface area contributed by atoms with Crippen LogP contribution in [0.1, 0.15) is 24.5 Å². The molecule has 0 bridgehead atoms. The van der Waals surface area contributed by atoms with Crippen molar-refractivity contribution >= 4 is 25.8 Å². The van der Waals surface area contributed by atoms with E-state index in [4.69, 9.17) is 10.7 Å². The highest BCUT2D eigenvalue weighted by atomic mass is 35.7. The fourth-order valence-electron chi connectivity index (χ4n) is 2.39. The summed E-state index contributed by atoms with van der Waals surface area (Å²) in [6, 6.07) is 4.51. The minimum absolute atomic E-state index is 0.284. The Labute approximate surface area is 117 Å². The van der Waals surface area contributed by atoms with Gasteiger partial charge < -0.3 is 0 Å². The number of halogens is 4. The van der Waals surface area contributed by atoms with Crippen LogP contribution in [0.25, 0.3) is 0 Å². The van der Waals surface area contributed by atoms with Gasteiger partial charge in [-0.25, -0.2) is 4.31 Å². The molecule has 0 aromatic heterocycles. The average Bonchev–Trinajstić information content (AvgIpc) is 2.24. The van der Waals surface area contributed by atoms with Gasteiger partial charge in [0.25, 0.3) is 0 Å². The van der Waals surface area contributed by atoms with E-state index >= 15 is 0 Å². The third-order valence-corrected chi connectivity index (χ3v) is 4.66. The second kappa shape index (κ2) is 4.36. The highest BCUT2D eigenvalue weighted by Crippen LogP contribution is 2.48. The quantitative estimate of drug-likeness (QED) is 0.620. The second-order valence-corrected chi connectivity index (χ2v) is 6.95. The first-order valence-corrected chi connectivity index (χ1v) is 7.69. The first kappa shape index (κ1) is 15.1. The number of hydrogen-bond donors (Lipinski definition) is 0. The molecule has 1 aromatic rings. The van der Waals surface area contributed by atoms with Crippen LogP contribution in [0.15, 0.2) is 24.3 Å². The standard InChI is InChI=1S/C11H9ClF3NO3S/c1-10(6-9(17)16(10)20(12,18)19)7-4-2-3-5-8(7)11(13,14)15/h2-5H,6H2,1H3. The molecule has 2 rings (SSSR count). The predicted octanol–water partition coefficient (Wildman–Crippen LogP) is 2.64. The molecule has 1 aliphatic heterocycles. The summed E-state index contributed by atoms with van der Waals surface area (Å²) in [4.78, 5) is 11.4. The van der Waals surface area contributed by atoms with E-state index in [0.29, 0.717) is 0 Å². The van der Waals surface area contributed by atoms with Crippen LogP contribution in [-0.2, 0) is 25.7 Å². The zero-order valence-corrected chi connectivity index (χ0v) is 11.7. The Balaban J connectivity index is 2.61. The summed E-state index contributed by atoms with van der Waals surface area (Å²) < 4.78 is 61.9. The van der Waals surface area contributed by atoms with Crippen LogP contribution >= 0.6 is 10.7 Å². The monoisotopic (exact) mass is 327 g/mol. The molecule has 20 heavy (non-hydrogen) atoms. The van der Waals surface area contributed by atoms with Gasteiger partial charge in [0.15, 0.2) is 0 Å². The molecule has 1 heterocycles. The van der Waals surface area contributed by atoms with Gasteiger partial charge in [0.2, 0.25) is 5.91 Å². The fraction of sp³-hybridized carbons (Fsp3) is 0.364. The summed E-state index contributed by atoms with van der Waals surface area (Å²) in [5.74, 6) is -0.834. The minimum atomic E-state index is -4.65. The van der Waals surface area contributed by atoms with Crippen molar-refractivity contribution in [3.63, 3.8) is 0 Å². The zero-order chi connectivity index (χ0) is 15.3. The number of β-lactam (4-membered cyclic amide) rings is 1. The van der Waals surface area contributed by atoms with Crippen LogP contribution in [0.3, 0.4) is 0 Å². The van der Waals surface area contributed by atoms with E-state index in [1.54, 1.807) is 0 Å². The Morgan fingerprint density at radius 1 is 1.30 bits per heavy atom. The van der Waals surface area contributed by atoms with Gasteiger partial charge in [-0.1, -0.05) is 18.2 Å². The van der Waals surface area contributed by atoms with Crippen molar-refractivity contribution in [2.45, 2.75) is 25.1 Å². The number of carbonyl (C=O) groups is 1. The smallest absolute Gasteiger partial charge is 0.274 e. The largest absolute Gasteiger partial charge is 0.416 e. The van der Waals surface area contributed by atoms with Crippen molar-refractivity contribution in [3.05, 3.63) is 35.4 Å². The summed E-state index contributed by atoms with van der Waals surface area (Å²) in [5, 5.41) is 0. The lowest BCUT2D eigenvalue weighted by molar-refractivity contribution is -0.149. The first-order valence-electron chi connectivity index (χ1n) is 5.42. The lowest BCUT2D eigenvalue weighted by Crippen LogP contribution is -2.60. The SMILES string of the molecule is CC1(c2ccccc2C(F)(F)F)CC(=O)N1S(=O)(=O)Cl. The summed E-state index contributed by atoms with van der Waals surface area (Å²) in [6.45, 7) is 1.24. The summed E-state index contributed by atoms with van der Waals surface area (Å²) in [5.41, 5.74) is -2.90. The van der Waals surface area contributed by atoms with Crippen molar-refractivity contribution in [1.29, 1.82) is 0 Å². The first-order chi connectivity index (χ1) is 8.98. The van der Waals surface area contributed by atoms with Crippen LogP contribution in [-0.4, -0.2) is 18.6 Å². The molecule has 0 N–H and O–H groups in total.